The molecule has 6 nitrogen and oxygen atoms in total. The molecule has 25 heavy (non-hydrogen) atoms. The minimum atomic E-state index is -0.0714. The molecule has 1 aliphatic rings. The van der Waals surface area contributed by atoms with Crippen molar-refractivity contribution in [1.82, 2.24) is 19.1 Å². The van der Waals surface area contributed by atoms with Crippen LogP contribution in [0.15, 0.2) is 27.5 Å². The molecule has 0 radical (unpaired) electrons. The Kier molecular flexibility index (Phi) is 3.91. The number of anilines is 1. The molecule has 0 saturated carbocycles. The summed E-state index contributed by atoms with van der Waals surface area (Å²) in [6, 6.07) is 6.13. The summed E-state index contributed by atoms with van der Waals surface area (Å²) in [5, 5.41) is 3.33. The van der Waals surface area contributed by atoms with Gasteiger partial charge in [-0.3, -0.25) is 4.57 Å². The third-order valence-corrected chi connectivity index (χ3v) is 5.25. The lowest BCUT2D eigenvalue weighted by atomic mass is 10.0. The number of imidazole rings is 1. The van der Waals surface area contributed by atoms with Gasteiger partial charge in [-0.25, -0.2) is 19.3 Å². The molecule has 7 heteroatoms. The smallest absolute Gasteiger partial charge is 0.335 e. The van der Waals surface area contributed by atoms with Crippen LogP contribution in [0.25, 0.3) is 16.9 Å². The first-order valence-electron chi connectivity index (χ1n) is 8.51. The second kappa shape index (κ2) is 5.98. The molecule has 1 N–H and O–H groups in total. The quantitative estimate of drug-likeness (QED) is 0.712. The minimum Gasteiger partial charge on any atom is -0.368 e. The van der Waals surface area contributed by atoms with E-state index in [1.807, 2.05) is 13.0 Å². The fourth-order valence-electron chi connectivity index (χ4n) is 3.32. The molecule has 3 heterocycles. The molecule has 2 aromatic heterocycles. The van der Waals surface area contributed by atoms with Crippen molar-refractivity contribution in [1.29, 1.82) is 0 Å². The highest BCUT2D eigenvalue weighted by Crippen LogP contribution is 2.29. The van der Waals surface area contributed by atoms with Crippen molar-refractivity contribution in [3.8, 4) is 5.69 Å². The van der Waals surface area contributed by atoms with Gasteiger partial charge in [-0.1, -0.05) is 19.9 Å². The molecule has 0 saturated heterocycles. The molecule has 0 spiro atoms. The van der Waals surface area contributed by atoms with Gasteiger partial charge in [0.2, 0.25) is 0 Å². The number of hydrogen-bond donors (Lipinski definition) is 1. The molecule has 0 atom stereocenters. The second-order valence-electron chi connectivity index (χ2n) is 6.71. The van der Waals surface area contributed by atoms with Crippen LogP contribution in [0.2, 0.25) is 0 Å². The molecule has 130 valence electrons. The van der Waals surface area contributed by atoms with Crippen LogP contribution in [-0.2, 0) is 6.54 Å². The van der Waals surface area contributed by atoms with Crippen molar-refractivity contribution in [2.45, 2.75) is 39.7 Å². The number of benzene rings is 1. The average molecular weight is 402 g/mol. The van der Waals surface area contributed by atoms with Gasteiger partial charge in [0.15, 0.2) is 11.5 Å². The highest BCUT2D eigenvalue weighted by atomic mass is 79.9. The van der Waals surface area contributed by atoms with Crippen LogP contribution in [0.5, 0.6) is 0 Å². The largest absolute Gasteiger partial charge is 0.368 e. The van der Waals surface area contributed by atoms with E-state index in [4.69, 9.17) is 0 Å². The SMILES string of the molecule is Cc1nc2c3c(n1)n(-c1ccc(C(C)C)cc1Br)c(=O)n3CCCN2. The minimum absolute atomic E-state index is 0.0714. The van der Waals surface area contributed by atoms with Crippen molar-refractivity contribution >= 4 is 32.9 Å². The number of rotatable bonds is 2. The molecular weight excluding hydrogens is 382 g/mol. The van der Waals surface area contributed by atoms with Crippen LogP contribution in [0.1, 0.15) is 37.6 Å². The Morgan fingerprint density at radius 3 is 2.80 bits per heavy atom. The molecule has 1 aromatic carbocycles. The molecule has 4 rings (SSSR count). The molecule has 0 bridgehead atoms. The number of aromatic nitrogens is 4. The fourth-order valence-corrected chi connectivity index (χ4v) is 3.89. The number of nitrogens with zero attached hydrogens (tertiary/aromatic N) is 4. The van der Waals surface area contributed by atoms with Crippen LogP contribution >= 0.6 is 15.9 Å². The third-order valence-electron chi connectivity index (χ3n) is 4.61. The zero-order valence-corrected chi connectivity index (χ0v) is 16.1. The molecule has 0 unspecified atom stereocenters. The van der Waals surface area contributed by atoms with Crippen molar-refractivity contribution < 1.29 is 0 Å². The maximum Gasteiger partial charge on any atom is 0.335 e. The first-order valence-corrected chi connectivity index (χ1v) is 9.30. The van der Waals surface area contributed by atoms with E-state index in [2.05, 4.69) is 57.2 Å². The van der Waals surface area contributed by atoms with E-state index in [1.165, 1.54) is 5.56 Å². The second-order valence-corrected chi connectivity index (χ2v) is 7.56. The summed E-state index contributed by atoms with van der Waals surface area (Å²) < 4.78 is 4.37. The Balaban J connectivity index is 2.05. The van der Waals surface area contributed by atoms with Gasteiger partial charge in [0.1, 0.15) is 11.3 Å². The highest BCUT2D eigenvalue weighted by Gasteiger charge is 2.23. The first-order chi connectivity index (χ1) is 12.0. The van der Waals surface area contributed by atoms with E-state index in [0.29, 0.717) is 23.9 Å². The first kappa shape index (κ1) is 16.3. The van der Waals surface area contributed by atoms with E-state index in [1.54, 1.807) is 9.13 Å². The summed E-state index contributed by atoms with van der Waals surface area (Å²) in [7, 11) is 0. The molecule has 1 aliphatic heterocycles. The van der Waals surface area contributed by atoms with E-state index < -0.39 is 0 Å². The third kappa shape index (κ3) is 2.57. The topological polar surface area (TPSA) is 64.7 Å². The maximum absolute atomic E-state index is 13.2. The summed E-state index contributed by atoms with van der Waals surface area (Å²) in [6.07, 6.45) is 0.877. The normalized spacial score (nSPS) is 14.0. The van der Waals surface area contributed by atoms with Gasteiger partial charge in [-0.15, -0.1) is 0 Å². The standard InChI is InChI=1S/C18H20BrN5O/c1-10(2)12-5-6-14(13(19)9-12)24-17-15-16(21-11(3)22-17)20-7-4-8-23(15)18(24)25/h5-6,9-10H,4,7-8H2,1-3H3,(H,20,21,22). The monoisotopic (exact) mass is 401 g/mol. The summed E-state index contributed by atoms with van der Waals surface area (Å²) in [4.78, 5) is 22.2. The number of hydrogen-bond acceptors (Lipinski definition) is 4. The molecular formula is C18H20BrN5O. The lowest BCUT2D eigenvalue weighted by Crippen LogP contribution is -2.23. The maximum atomic E-state index is 13.2. The Morgan fingerprint density at radius 1 is 1.28 bits per heavy atom. The number of aryl methyl sites for hydroxylation is 2. The lowest BCUT2D eigenvalue weighted by Gasteiger charge is -2.11. The average Bonchev–Trinajstić information content (AvgIpc) is 2.71. The van der Waals surface area contributed by atoms with Crippen LogP contribution in [0.4, 0.5) is 5.82 Å². The molecule has 0 amide bonds. The van der Waals surface area contributed by atoms with E-state index in [-0.39, 0.29) is 5.69 Å². The highest BCUT2D eigenvalue weighted by molar-refractivity contribution is 9.10. The number of halogens is 1. The van der Waals surface area contributed by atoms with Crippen molar-refractivity contribution in [3.05, 3.63) is 44.5 Å². The van der Waals surface area contributed by atoms with Gasteiger partial charge < -0.3 is 5.32 Å². The Labute approximate surface area is 154 Å². The van der Waals surface area contributed by atoms with E-state index in [9.17, 15) is 4.79 Å². The summed E-state index contributed by atoms with van der Waals surface area (Å²) in [5.74, 6) is 1.82. The van der Waals surface area contributed by atoms with Crippen LogP contribution in [-0.4, -0.2) is 25.6 Å². The Bertz CT molecular complexity index is 1030. The van der Waals surface area contributed by atoms with E-state index in [0.717, 1.165) is 34.5 Å². The van der Waals surface area contributed by atoms with Crippen molar-refractivity contribution in [2.24, 2.45) is 0 Å². The summed E-state index contributed by atoms with van der Waals surface area (Å²) in [5.41, 5.74) is 3.40. The number of nitrogens with one attached hydrogen (secondary N) is 1. The van der Waals surface area contributed by atoms with Gasteiger partial charge in [0, 0.05) is 17.6 Å². The van der Waals surface area contributed by atoms with Crippen LogP contribution < -0.4 is 11.0 Å². The van der Waals surface area contributed by atoms with E-state index >= 15 is 0 Å². The van der Waals surface area contributed by atoms with Gasteiger partial charge in [0.05, 0.1) is 5.69 Å². The molecule has 3 aromatic rings. The zero-order chi connectivity index (χ0) is 17.7. The molecule has 0 aliphatic carbocycles. The van der Waals surface area contributed by atoms with Crippen molar-refractivity contribution in [2.75, 3.05) is 11.9 Å². The van der Waals surface area contributed by atoms with Gasteiger partial charge in [0.25, 0.3) is 0 Å². The van der Waals surface area contributed by atoms with Crippen LogP contribution in [0.3, 0.4) is 0 Å². The predicted octanol–water partition coefficient (Wildman–Crippen LogP) is 3.59. The van der Waals surface area contributed by atoms with Gasteiger partial charge in [-0.2, -0.15) is 0 Å². The van der Waals surface area contributed by atoms with Crippen LogP contribution in [0, 0.1) is 6.92 Å². The zero-order valence-electron chi connectivity index (χ0n) is 14.5. The predicted molar refractivity (Wildman–Crippen MR) is 103 cm³/mol. The van der Waals surface area contributed by atoms with Gasteiger partial charge in [-0.05, 0) is 52.9 Å². The summed E-state index contributed by atoms with van der Waals surface area (Å²) in [6.45, 7) is 7.63. The summed E-state index contributed by atoms with van der Waals surface area (Å²) >= 11 is 3.64. The Morgan fingerprint density at radius 2 is 2.08 bits per heavy atom. The molecule has 0 fully saturated rings. The lowest BCUT2D eigenvalue weighted by molar-refractivity contribution is 0.657. The fraction of sp³-hybridized carbons (Fsp3) is 0.389. The Hall–Kier alpha value is -2.15. The van der Waals surface area contributed by atoms with Crippen molar-refractivity contribution in [3.63, 3.8) is 0 Å². The van der Waals surface area contributed by atoms with Gasteiger partial charge >= 0.3 is 5.69 Å².